The Kier molecular flexibility index (Phi) is 6.16. The van der Waals surface area contributed by atoms with Crippen LogP contribution in [0.3, 0.4) is 0 Å². The van der Waals surface area contributed by atoms with E-state index < -0.39 is 5.60 Å². The first kappa shape index (κ1) is 20.0. The predicted octanol–water partition coefficient (Wildman–Crippen LogP) is 3.64. The maximum Gasteiger partial charge on any atom is 0.146 e. The summed E-state index contributed by atoms with van der Waals surface area (Å²) in [6.45, 7) is 8.99. The molecule has 2 aromatic heterocycles. The molecule has 0 radical (unpaired) electrons. The van der Waals surface area contributed by atoms with Gasteiger partial charge in [0.05, 0.1) is 30.7 Å². The van der Waals surface area contributed by atoms with Crippen molar-refractivity contribution in [1.29, 1.82) is 0 Å². The summed E-state index contributed by atoms with van der Waals surface area (Å²) >= 11 is 1.74. The molecule has 1 saturated heterocycles. The van der Waals surface area contributed by atoms with Crippen molar-refractivity contribution < 1.29 is 9.84 Å². The van der Waals surface area contributed by atoms with Crippen LogP contribution in [0, 0.1) is 13.8 Å². The molecule has 0 atom stereocenters. The summed E-state index contributed by atoms with van der Waals surface area (Å²) in [4.78, 5) is 14.4. The van der Waals surface area contributed by atoms with E-state index in [0.717, 1.165) is 80.4 Å². The van der Waals surface area contributed by atoms with Gasteiger partial charge in [0.15, 0.2) is 0 Å². The molecule has 2 fully saturated rings. The van der Waals surface area contributed by atoms with Crippen molar-refractivity contribution in [1.82, 2.24) is 14.9 Å². The predicted molar refractivity (Wildman–Crippen MR) is 114 cm³/mol. The van der Waals surface area contributed by atoms with Gasteiger partial charge in [-0.2, -0.15) is 0 Å². The number of nitrogens with one attached hydrogen (secondary N) is 1. The summed E-state index contributed by atoms with van der Waals surface area (Å²) in [7, 11) is 0. The van der Waals surface area contributed by atoms with E-state index in [9.17, 15) is 5.11 Å². The number of thiophene rings is 1. The lowest BCUT2D eigenvalue weighted by molar-refractivity contribution is 0.0330. The number of aryl methyl sites for hydroxylation is 2. The molecule has 6 nitrogen and oxygen atoms in total. The van der Waals surface area contributed by atoms with Gasteiger partial charge in [0.2, 0.25) is 0 Å². The Balaban J connectivity index is 1.59. The van der Waals surface area contributed by atoms with Crippen LogP contribution in [0.25, 0.3) is 10.2 Å². The van der Waals surface area contributed by atoms with Crippen LogP contribution in [0.1, 0.15) is 54.8 Å². The number of hydrogen-bond acceptors (Lipinski definition) is 7. The van der Waals surface area contributed by atoms with Crippen molar-refractivity contribution in [2.75, 3.05) is 38.2 Å². The zero-order valence-electron chi connectivity index (χ0n) is 17.1. The molecule has 1 aliphatic heterocycles. The van der Waals surface area contributed by atoms with Crippen molar-refractivity contribution in [2.45, 2.75) is 64.5 Å². The van der Waals surface area contributed by atoms with Crippen LogP contribution in [-0.4, -0.2) is 58.4 Å². The summed E-state index contributed by atoms with van der Waals surface area (Å²) in [6, 6.07) is 0. The second-order valence-electron chi connectivity index (χ2n) is 8.33. The Bertz CT molecular complexity index is 808. The molecule has 1 aliphatic carbocycles. The molecule has 0 spiro atoms. The monoisotopic (exact) mass is 404 g/mol. The number of aromatic nitrogens is 2. The highest BCUT2D eigenvalue weighted by atomic mass is 32.1. The molecule has 2 aliphatic rings. The Labute approximate surface area is 171 Å². The third-order valence-corrected chi connectivity index (χ3v) is 7.26. The van der Waals surface area contributed by atoms with E-state index in [1.807, 2.05) is 0 Å². The number of rotatable bonds is 5. The van der Waals surface area contributed by atoms with Gasteiger partial charge in [-0.1, -0.05) is 25.7 Å². The second kappa shape index (κ2) is 8.61. The second-order valence-corrected chi connectivity index (χ2v) is 9.54. The highest BCUT2D eigenvalue weighted by molar-refractivity contribution is 7.18. The third kappa shape index (κ3) is 4.48. The molecule has 2 N–H and O–H groups in total. The molecule has 0 bridgehead atoms. The fraction of sp³-hybridized carbons (Fsp3) is 0.714. The van der Waals surface area contributed by atoms with E-state index in [0.29, 0.717) is 6.54 Å². The number of fused-ring (bicyclic) bond motifs is 1. The minimum atomic E-state index is -0.628. The number of ether oxygens (including phenoxy) is 1. The van der Waals surface area contributed by atoms with Crippen LogP contribution < -0.4 is 5.32 Å². The maximum absolute atomic E-state index is 11.1. The highest BCUT2D eigenvalue weighted by Gasteiger charge is 2.28. The Morgan fingerprint density at radius 1 is 1.11 bits per heavy atom. The van der Waals surface area contributed by atoms with Crippen LogP contribution in [0.4, 0.5) is 5.82 Å². The van der Waals surface area contributed by atoms with Crippen LogP contribution in [0.15, 0.2) is 0 Å². The molecule has 2 aromatic rings. The van der Waals surface area contributed by atoms with E-state index in [-0.39, 0.29) is 0 Å². The zero-order valence-corrected chi connectivity index (χ0v) is 17.9. The number of nitrogens with zero attached hydrogens (tertiary/aromatic N) is 3. The average Bonchev–Trinajstić information content (AvgIpc) is 2.84. The summed E-state index contributed by atoms with van der Waals surface area (Å²) in [5.41, 5.74) is 0.616. The van der Waals surface area contributed by atoms with Crippen molar-refractivity contribution in [2.24, 2.45) is 0 Å². The quantitative estimate of drug-likeness (QED) is 0.742. The van der Waals surface area contributed by atoms with E-state index in [1.165, 1.54) is 23.3 Å². The topological polar surface area (TPSA) is 70.5 Å². The number of morpholine rings is 1. The van der Waals surface area contributed by atoms with Gasteiger partial charge in [-0.3, -0.25) is 4.90 Å². The average molecular weight is 405 g/mol. The molecule has 4 rings (SSSR count). The molecular formula is C21H32N4O2S. The van der Waals surface area contributed by atoms with Gasteiger partial charge in [0.1, 0.15) is 16.5 Å². The summed E-state index contributed by atoms with van der Waals surface area (Å²) < 4.78 is 5.46. The van der Waals surface area contributed by atoms with E-state index in [1.54, 1.807) is 11.3 Å². The minimum Gasteiger partial charge on any atom is -0.388 e. The molecule has 0 amide bonds. The van der Waals surface area contributed by atoms with Crippen LogP contribution >= 0.6 is 11.3 Å². The van der Waals surface area contributed by atoms with Crippen molar-refractivity contribution >= 4 is 27.4 Å². The molecule has 3 heterocycles. The van der Waals surface area contributed by atoms with Gasteiger partial charge < -0.3 is 15.2 Å². The zero-order chi connectivity index (χ0) is 19.6. The molecule has 1 saturated carbocycles. The maximum atomic E-state index is 11.1. The van der Waals surface area contributed by atoms with E-state index >= 15 is 0 Å². The van der Waals surface area contributed by atoms with Gasteiger partial charge in [-0.05, 0) is 32.3 Å². The van der Waals surface area contributed by atoms with Crippen LogP contribution in [-0.2, 0) is 11.3 Å². The summed E-state index contributed by atoms with van der Waals surface area (Å²) in [5.74, 6) is 1.73. The van der Waals surface area contributed by atoms with Gasteiger partial charge in [0, 0.05) is 24.5 Å². The van der Waals surface area contributed by atoms with Crippen molar-refractivity contribution in [3.8, 4) is 0 Å². The van der Waals surface area contributed by atoms with Crippen LogP contribution in [0.2, 0.25) is 0 Å². The van der Waals surface area contributed by atoms with Gasteiger partial charge in [0.25, 0.3) is 0 Å². The lowest BCUT2D eigenvalue weighted by Crippen LogP contribution is -2.37. The third-order valence-electron chi connectivity index (χ3n) is 6.16. The highest BCUT2D eigenvalue weighted by Crippen LogP contribution is 2.34. The fourth-order valence-corrected chi connectivity index (χ4v) is 5.31. The van der Waals surface area contributed by atoms with Gasteiger partial charge in [-0.15, -0.1) is 11.3 Å². The number of anilines is 1. The standard InChI is InChI=1S/C21H32N4O2S/c1-15-16(2)28-20-18(15)19(22-14-21(26)7-5-3-4-6-8-21)23-17(24-20)13-25-9-11-27-12-10-25/h26H,3-14H2,1-2H3,(H,22,23,24). The summed E-state index contributed by atoms with van der Waals surface area (Å²) in [5, 5.41) is 15.7. The normalized spacial score (nSPS) is 21.0. The molecular weight excluding hydrogens is 372 g/mol. The molecule has 154 valence electrons. The number of aliphatic hydroxyl groups is 1. The lowest BCUT2D eigenvalue weighted by atomic mass is 9.94. The van der Waals surface area contributed by atoms with Gasteiger partial charge >= 0.3 is 0 Å². The Morgan fingerprint density at radius 2 is 1.82 bits per heavy atom. The van der Waals surface area contributed by atoms with Crippen molar-refractivity contribution in [3.05, 3.63) is 16.3 Å². The largest absolute Gasteiger partial charge is 0.388 e. The molecule has 7 heteroatoms. The SMILES string of the molecule is Cc1sc2nc(CN3CCOCC3)nc(NCC3(O)CCCCCC3)c2c1C. The molecule has 28 heavy (non-hydrogen) atoms. The van der Waals surface area contributed by atoms with E-state index in [2.05, 4.69) is 24.1 Å². The first-order valence-electron chi connectivity index (χ1n) is 10.6. The first-order chi connectivity index (χ1) is 13.5. The first-order valence-corrected chi connectivity index (χ1v) is 11.4. The fourth-order valence-electron chi connectivity index (χ4n) is 4.26. The minimum absolute atomic E-state index is 0.560. The smallest absolute Gasteiger partial charge is 0.146 e. The van der Waals surface area contributed by atoms with E-state index in [4.69, 9.17) is 14.7 Å². The van der Waals surface area contributed by atoms with Crippen molar-refractivity contribution in [3.63, 3.8) is 0 Å². The van der Waals surface area contributed by atoms with Crippen LogP contribution in [0.5, 0.6) is 0 Å². The lowest BCUT2D eigenvalue weighted by Gasteiger charge is -2.28. The molecule has 0 unspecified atom stereocenters. The Hall–Kier alpha value is -1.28. The van der Waals surface area contributed by atoms with Gasteiger partial charge in [-0.25, -0.2) is 9.97 Å². The molecule has 0 aromatic carbocycles. The summed E-state index contributed by atoms with van der Waals surface area (Å²) in [6.07, 6.45) is 6.42. The Morgan fingerprint density at radius 3 is 2.54 bits per heavy atom. The number of hydrogen-bond donors (Lipinski definition) is 2.